The number of benzene rings is 1. The Bertz CT molecular complexity index is 1380. The maximum atomic E-state index is 13.6. The lowest BCUT2D eigenvalue weighted by atomic mass is 10.2. The number of thioether (sulfide) groups is 1. The molecule has 13 nitrogen and oxygen atoms in total. The number of halogens is 2. The fourth-order valence-electron chi connectivity index (χ4n) is 3.04. The van der Waals surface area contributed by atoms with Crippen LogP contribution in [0.1, 0.15) is 20.8 Å². The summed E-state index contributed by atoms with van der Waals surface area (Å²) in [6, 6.07) is 3.90. The Morgan fingerprint density at radius 3 is 2.63 bits per heavy atom. The molecule has 3 heterocycles. The maximum absolute atomic E-state index is 13.6. The number of hydrogen-bond acceptors (Lipinski definition) is 12. The first-order valence-electron chi connectivity index (χ1n) is 9.90. The maximum Gasteiger partial charge on any atom is 0.446 e. The molecule has 4 rings (SSSR count). The number of nitrogens with zero attached hydrogens (tertiary/aromatic N) is 6. The van der Waals surface area contributed by atoms with Gasteiger partial charge in [-0.25, -0.2) is 31.6 Å². The van der Waals surface area contributed by atoms with E-state index in [9.17, 15) is 22.4 Å². The van der Waals surface area contributed by atoms with Gasteiger partial charge in [0, 0.05) is 18.3 Å². The van der Waals surface area contributed by atoms with Gasteiger partial charge in [-0.05, 0) is 65.2 Å². The summed E-state index contributed by atoms with van der Waals surface area (Å²) >= 11 is 4.25. The molecule has 0 N–H and O–H groups in total. The molecule has 2 aromatic heterocycles. The lowest BCUT2D eigenvalue weighted by Gasteiger charge is -2.41. The third-order valence-electron chi connectivity index (χ3n) is 4.52. The smallest absolute Gasteiger partial charge is 0.442 e. The fourth-order valence-corrected chi connectivity index (χ4v) is 5.06. The van der Waals surface area contributed by atoms with Gasteiger partial charge >= 0.3 is 11.8 Å². The predicted octanol–water partition coefficient (Wildman–Crippen LogP) is 2.23. The first-order chi connectivity index (χ1) is 16.4. The number of carbonyl (C=O) groups excluding carboxylic acids is 1. The van der Waals surface area contributed by atoms with Crippen LogP contribution in [0, 0.1) is 5.82 Å². The monoisotopic (exact) mass is 592 g/mol. The summed E-state index contributed by atoms with van der Waals surface area (Å²) < 4.78 is 53.5. The van der Waals surface area contributed by atoms with Crippen LogP contribution in [0.5, 0.6) is 0 Å². The molecule has 0 unspecified atom stereocenters. The molecular formula is C18H18BrFN6O7S2. The molecule has 1 aliphatic heterocycles. The van der Waals surface area contributed by atoms with E-state index >= 15 is 0 Å². The number of aromatic nitrogens is 4. The van der Waals surface area contributed by atoms with Crippen molar-refractivity contribution in [1.82, 2.24) is 29.5 Å². The second-order valence-electron chi connectivity index (χ2n) is 8.24. The second kappa shape index (κ2) is 9.71. The van der Waals surface area contributed by atoms with Crippen LogP contribution < -0.4 is 5.76 Å². The third kappa shape index (κ3) is 5.41. The number of carbonyl (C=O) groups is 1. The Hall–Kier alpha value is -2.76. The zero-order valence-corrected chi connectivity index (χ0v) is 21.7. The highest BCUT2D eigenvalue weighted by atomic mass is 79.9. The van der Waals surface area contributed by atoms with E-state index in [2.05, 4.69) is 31.4 Å². The third-order valence-corrected chi connectivity index (χ3v) is 6.98. The first kappa shape index (κ1) is 25.3. The van der Waals surface area contributed by atoms with Crippen molar-refractivity contribution < 1.29 is 31.5 Å². The highest BCUT2D eigenvalue weighted by Crippen LogP contribution is 2.35. The van der Waals surface area contributed by atoms with Crippen molar-refractivity contribution in [2.24, 2.45) is 0 Å². The highest BCUT2D eigenvalue weighted by Gasteiger charge is 2.39. The molecule has 1 saturated heterocycles. The van der Waals surface area contributed by atoms with Gasteiger partial charge in [-0.15, -0.1) is 4.41 Å². The minimum absolute atomic E-state index is 0.0218. The first-order valence-corrected chi connectivity index (χ1v) is 12.7. The van der Waals surface area contributed by atoms with Crippen molar-refractivity contribution in [3.8, 4) is 17.2 Å². The van der Waals surface area contributed by atoms with E-state index in [1.165, 1.54) is 35.0 Å². The van der Waals surface area contributed by atoms with E-state index in [1.54, 1.807) is 20.8 Å². The SMILES string of the molecule is CC(C)(C)OC(=O)N(N1CC(Sc2nonc2-c2noc(=O)n2-c2ccc(F)c(Br)c2)C1)[SH](=O)=O. The van der Waals surface area contributed by atoms with E-state index in [-0.39, 0.29) is 45.0 Å². The van der Waals surface area contributed by atoms with Crippen LogP contribution in [-0.2, 0) is 15.6 Å². The molecule has 1 amide bonds. The van der Waals surface area contributed by atoms with Crippen molar-refractivity contribution in [1.29, 1.82) is 0 Å². The molecule has 3 aromatic rings. The molecule has 35 heavy (non-hydrogen) atoms. The van der Waals surface area contributed by atoms with Crippen LogP contribution in [-0.4, -0.2) is 67.9 Å². The van der Waals surface area contributed by atoms with Crippen molar-refractivity contribution >= 4 is 44.7 Å². The predicted molar refractivity (Wildman–Crippen MR) is 123 cm³/mol. The van der Waals surface area contributed by atoms with Crippen molar-refractivity contribution in [2.75, 3.05) is 13.1 Å². The van der Waals surface area contributed by atoms with Crippen LogP contribution in [0.15, 0.2) is 41.6 Å². The molecule has 0 aliphatic carbocycles. The Kier molecular flexibility index (Phi) is 7.03. The molecule has 1 aliphatic rings. The van der Waals surface area contributed by atoms with Gasteiger partial charge in [0.2, 0.25) is 16.7 Å². The standard InChI is InChI=1S/C18H18BrFN6O7S2/c1-18(2,3)31-17(28)26(35(29)30)24-7-10(8-24)34-15-13(21-33-23-15)14-22-32-16(27)25(14)9-4-5-12(20)11(19)6-9/h4-6,10,35H,7-8H2,1-3H3. The average Bonchev–Trinajstić information content (AvgIpc) is 3.32. The molecule has 0 radical (unpaired) electrons. The number of thiol groups is 1. The quantitative estimate of drug-likeness (QED) is 0.417. The molecule has 17 heteroatoms. The summed E-state index contributed by atoms with van der Waals surface area (Å²) in [5.74, 6) is -1.38. The Labute approximate surface area is 211 Å². The van der Waals surface area contributed by atoms with E-state index in [0.29, 0.717) is 4.41 Å². The zero-order chi connectivity index (χ0) is 25.5. The largest absolute Gasteiger partial charge is 0.446 e. The summed E-state index contributed by atoms with van der Waals surface area (Å²) in [6.45, 7) is 5.24. The van der Waals surface area contributed by atoms with Gasteiger partial charge in [0.1, 0.15) is 11.4 Å². The van der Waals surface area contributed by atoms with Crippen molar-refractivity contribution in [3.63, 3.8) is 0 Å². The minimum Gasteiger partial charge on any atom is -0.442 e. The van der Waals surface area contributed by atoms with Gasteiger partial charge < -0.3 is 4.74 Å². The van der Waals surface area contributed by atoms with E-state index in [0.717, 1.165) is 4.57 Å². The van der Waals surface area contributed by atoms with Crippen LogP contribution in [0.4, 0.5) is 9.18 Å². The molecular weight excluding hydrogens is 575 g/mol. The molecule has 1 aromatic carbocycles. The highest BCUT2D eigenvalue weighted by molar-refractivity contribution is 9.10. The van der Waals surface area contributed by atoms with Gasteiger partial charge in [0.15, 0.2) is 10.7 Å². The number of amides is 1. The zero-order valence-electron chi connectivity index (χ0n) is 18.4. The molecule has 0 spiro atoms. The number of hydrogen-bond donors (Lipinski definition) is 1. The Morgan fingerprint density at radius 2 is 2.00 bits per heavy atom. The summed E-state index contributed by atoms with van der Waals surface area (Å²) in [4.78, 5) is 24.6. The van der Waals surface area contributed by atoms with E-state index in [1.807, 2.05) is 0 Å². The average molecular weight is 593 g/mol. The van der Waals surface area contributed by atoms with Crippen molar-refractivity contribution in [3.05, 3.63) is 39.0 Å². The van der Waals surface area contributed by atoms with Gasteiger partial charge in [0.25, 0.3) is 0 Å². The van der Waals surface area contributed by atoms with Crippen LogP contribution in [0.25, 0.3) is 17.2 Å². The minimum atomic E-state index is -3.26. The van der Waals surface area contributed by atoms with Gasteiger partial charge in [-0.1, -0.05) is 16.9 Å². The fraction of sp³-hybridized carbons (Fsp3) is 0.389. The molecule has 0 bridgehead atoms. The lowest BCUT2D eigenvalue weighted by molar-refractivity contribution is -0.0279. The van der Waals surface area contributed by atoms with E-state index in [4.69, 9.17) is 13.9 Å². The number of rotatable bonds is 6. The number of hydrazine groups is 1. The van der Waals surface area contributed by atoms with Crippen molar-refractivity contribution in [2.45, 2.75) is 36.6 Å². The van der Waals surface area contributed by atoms with Gasteiger partial charge in [0.05, 0.1) is 10.2 Å². The summed E-state index contributed by atoms with van der Waals surface area (Å²) in [5.41, 5.74) is -0.506. The van der Waals surface area contributed by atoms with Gasteiger partial charge in [-0.2, -0.15) is 5.01 Å². The lowest BCUT2D eigenvalue weighted by Crippen LogP contribution is -2.59. The van der Waals surface area contributed by atoms with Crippen LogP contribution in [0.3, 0.4) is 0 Å². The molecule has 0 atom stereocenters. The second-order valence-corrected chi connectivity index (χ2v) is 11.2. The summed E-state index contributed by atoms with van der Waals surface area (Å²) in [6.07, 6.45) is -1.00. The molecule has 188 valence electrons. The van der Waals surface area contributed by atoms with Crippen LogP contribution in [0.2, 0.25) is 0 Å². The summed E-state index contributed by atoms with van der Waals surface area (Å²) in [5, 5.41) is 12.8. The van der Waals surface area contributed by atoms with Gasteiger partial charge in [-0.3, -0.25) is 4.52 Å². The number of ether oxygens (including phenoxy) is 1. The Morgan fingerprint density at radius 1 is 1.29 bits per heavy atom. The molecule has 1 fully saturated rings. The topological polar surface area (TPSA) is 154 Å². The Balaban J connectivity index is 1.51. The summed E-state index contributed by atoms with van der Waals surface area (Å²) in [7, 11) is -3.26. The normalized spacial score (nSPS) is 14.8. The molecule has 0 saturated carbocycles. The van der Waals surface area contributed by atoms with E-state index < -0.39 is 34.2 Å². The van der Waals surface area contributed by atoms with Crippen LogP contribution >= 0.6 is 27.7 Å².